The van der Waals surface area contributed by atoms with Crippen molar-refractivity contribution < 1.29 is 18.0 Å². The van der Waals surface area contributed by atoms with E-state index in [4.69, 9.17) is 23.2 Å². The summed E-state index contributed by atoms with van der Waals surface area (Å²) in [4.78, 5) is 23.4. The molecule has 2 rings (SSSR count). The molecule has 0 atom stereocenters. The largest absolute Gasteiger partial charge is 0.408 e. The molecular formula is C12H10Cl2F3N5O2. The lowest BCUT2D eigenvalue weighted by molar-refractivity contribution is -0.143. The molecule has 0 saturated heterocycles. The van der Waals surface area contributed by atoms with Crippen molar-refractivity contribution in [1.29, 1.82) is 0 Å². The SMILES string of the molecule is O=C(Cn1nnn(CC(F)(F)F)c1=O)NCc1ccc(Cl)c(Cl)c1. The fourth-order valence-electron chi connectivity index (χ4n) is 1.72. The Morgan fingerprint density at radius 1 is 1.17 bits per heavy atom. The van der Waals surface area contributed by atoms with Crippen LogP contribution in [0.4, 0.5) is 13.2 Å². The predicted octanol–water partition coefficient (Wildman–Crippen LogP) is 1.63. The molecule has 24 heavy (non-hydrogen) atoms. The van der Waals surface area contributed by atoms with Gasteiger partial charge in [0.1, 0.15) is 13.1 Å². The third-order valence-corrected chi connectivity index (χ3v) is 3.53. The average molecular weight is 384 g/mol. The van der Waals surface area contributed by atoms with E-state index in [0.29, 0.717) is 20.3 Å². The van der Waals surface area contributed by atoms with Gasteiger partial charge in [-0.2, -0.15) is 22.5 Å². The van der Waals surface area contributed by atoms with E-state index in [1.807, 2.05) is 0 Å². The summed E-state index contributed by atoms with van der Waals surface area (Å²) < 4.78 is 37.3. The Hall–Kier alpha value is -2.07. The lowest BCUT2D eigenvalue weighted by Crippen LogP contribution is -2.35. The molecule has 0 unspecified atom stereocenters. The van der Waals surface area contributed by atoms with Crippen LogP contribution in [0.2, 0.25) is 10.0 Å². The fraction of sp³-hybridized carbons (Fsp3) is 0.333. The van der Waals surface area contributed by atoms with E-state index in [9.17, 15) is 22.8 Å². The summed E-state index contributed by atoms with van der Waals surface area (Å²) in [5.74, 6) is -0.623. The Labute approximate surface area is 142 Å². The molecular weight excluding hydrogens is 374 g/mol. The van der Waals surface area contributed by atoms with E-state index in [0.717, 1.165) is 0 Å². The average Bonchev–Trinajstić information content (AvgIpc) is 2.80. The maximum absolute atomic E-state index is 12.2. The van der Waals surface area contributed by atoms with E-state index >= 15 is 0 Å². The lowest BCUT2D eigenvalue weighted by atomic mass is 10.2. The summed E-state index contributed by atoms with van der Waals surface area (Å²) in [6, 6.07) is 4.74. The summed E-state index contributed by atoms with van der Waals surface area (Å²) >= 11 is 11.6. The van der Waals surface area contributed by atoms with Crippen LogP contribution in [0, 0.1) is 0 Å². The van der Waals surface area contributed by atoms with Gasteiger partial charge >= 0.3 is 11.9 Å². The number of amides is 1. The molecule has 0 aliphatic carbocycles. The van der Waals surface area contributed by atoms with Crippen LogP contribution in [0.5, 0.6) is 0 Å². The first-order chi connectivity index (χ1) is 11.2. The minimum absolute atomic E-state index is 0.0984. The first-order valence-corrected chi connectivity index (χ1v) is 7.19. The highest BCUT2D eigenvalue weighted by atomic mass is 35.5. The van der Waals surface area contributed by atoms with Crippen LogP contribution < -0.4 is 11.0 Å². The van der Waals surface area contributed by atoms with Gasteiger partial charge in [-0.1, -0.05) is 29.3 Å². The van der Waals surface area contributed by atoms with Crippen LogP contribution in [-0.2, 0) is 24.4 Å². The van der Waals surface area contributed by atoms with Crippen LogP contribution in [-0.4, -0.2) is 31.9 Å². The molecule has 130 valence electrons. The highest BCUT2D eigenvalue weighted by Gasteiger charge is 2.30. The molecule has 1 aromatic heterocycles. The van der Waals surface area contributed by atoms with Crippen LogP contribution in [0.3, 0.4) is 0 Å². The van der Waals surface area contributed by atoms with Crippen LogP contribution in [0.1, 0.15) is 5.56 Å². The highest BCUT2D eigenvalue weighted by Crippen LogP contribution is 2.22. The Balaban J connectivity index is 1.95. The van der Waals surface area contributed by atoms with Crippen LogP contribution >= 0.6 is 23.2 Å². The minimum Gasteiger partial charge on any atom is -0.350 e. The molecule has 2 aromatic rings. The zero-order chi connectivity index (χ0) is 17.9. The predicted molar refractivity (Wildman–Crippen MR) is 78.6 cm³/mol. The number of nitrogens with one attached hydrogen (secondary N) is 1. The van der Waals surface area contributed by atoms with Crippen molar-refractivity contribution in [2.75, 3.05) is 0 Å². The molecule has 0 fully saturated rings. The van der Waals surface area contributed by atoms with E-state index < -0.39 is 30.9 Å². The van der Waals surface area contributed by atoms with E-state index in [1.165, 1.54) is 0 Å². The zero-order valence-electron chi connectivity index (χ0n) is 11.8. The fourth-order valence-corrected chi connectivity index (χ4v) is 2.04. The number of hydrogen-bond donors (Lipinski definition) is 1. The maximum Gasteiger partial charge on any atom is 0.408 e. The summed E-state index contributed by atoms with van der Waals surface area (Å²) in [6.45, 7) is -2.03. The normalized spacial score (nSPS) is 11.5. The summed E-state index contributed by atoms with van der Waals surface area (Å²) in [7, 11) is 0. The second kappa shape index (κ2) is 7.22. The number of nitrogens with zero attached hydrogens (tertiary/aromatic N) is 4. The lowest BCUT2D eigenvalue weighted by Gasteiger charge is -2.06. The Morgan fingerprint density at radius 3 is 2.46 bits per heavy atom. The number of hydrogen-bond acceptors (Lipinski definition) is 4. The van der Waals surface area contributed by atoms with E-state index in [-0.39, 0.29) is 11.2 Å². The first-order valence-electron chi connectivity index (χ1n) is 6.44. The van der Waals surface area contributed by atoms with Crippen molar-refractivity contribution in [3.63, 3.8) is 0 Å². The smallest absolute Gasteiger partial charge is 0.350 e. The second-order valence-corrected chi connectivity index (χ2v) is 5.53. The molecule has 0 aliphatic heterocycles. The van der Waals surface area contributed by atoms with Crippen LogP contribution in [0.25, 0.3) is 0 Å². The summed E-state index contributed by atoms with van der Waals surface area (Å²) in [5.41, 5.74) is -0.470. The molecule has 1 amide bonds. The third kappa shape index (κ3) is 4.96. The van der Waals surface area contributed by atoms with Crippen molar-refractivity contribution in [2.45, 2.75) is 25.8 Å². The van der Waals surface area contributed by atoms with E-state index in [2.05, 4.69) is 15.7 Å². The molecule has 7 nitrogen and oxygen atoms in total. The first kappa shape index (κ1) is 18.3. The number of tetrazole rings is 1. The van der Waals surface area contributed by atoms with Gasteiger partial charge in [0.05, 0.1) is 10.0 Å². The number of aromatic nitrogens is 4. The number of carbonyl (C=O) groups excluding carboxylic acids is 1. The molecule has 12 heteroatoms. The number of halogens is 5. The highest BCUT2D eigenvalue weighted by molar-refractivity contribution is 6.42. The molecule has 0 radical (unpaired) electrons. The topological polar surface area (TPSA) is 81.8 Å². The number of rotatable bonds is 5. The van der Waals surface area contributed by atoms with Gasteiger partial charge in [0.15, 0.2) is 0 Å². The maximum atomic E-state index is 12.2. The van der Waals surface area contributed by atoms with Gasteiger partial charge in [-0.15, -0.1) is 0 Å². The number of carbonyl (C=O) groups is 1. The zero-order valence-corrected chi connectivity index (χ0v) is 13.4. The van der Waals surface area contributed by atoms with Gasteiger partial charge in [0, 0.05) is 6.54 Å². The van der Waals surface area contributed by atoms with Crippen molar-refractivity contribution >= 4 is 29.1 Å². The van der Waals surface area contributed by atoms with Crippen molar-refractivity contribution in [1.82, 2.24) is 25.1 Å². The molecule has 0 aliphatic rings. The van der Waals surface area contributed by atoms with Gasteiger partial charge in [-0.05, 0) is 28.1 Å². The van der Waals surface area contributed by atoms with Gasteiger partial charge in [-0.3, -0.25) is 4.79 Å². The number of benzene rings is 1. The number of alkyl halides is 3. The Bertz CT molecular complexity index is 803. The van der Waals surface area contributed by atoms with Gasteiger partial charge in [-0.25, -0.2) is 4.79 Å². The summed E-state index contributed by atoms with van der Waals surface area (Å²) in [6.07, 6.45) is -4.61. The van der Waals surface area contributed by atoms with Crippen molar-refractivity contribution in [3.05, 3.63) is 44.3 Å². The molecule has 0 spiro atoms. The monoisotopic (exact) mass is 383 g/mol. The minimum atomic E-state index is -4.61. The van der Waals surface area contributed by atoms with Gasteiger partial charge in [0.2, 0.25) is 5.91 Å². The third-order valence-electron chi connectivity index (χ3n) is 2.79. The Morgan fingerprint density at radius 2 is 1.83 bits per heavy atom. The van der Waals surface area contributed by atoms with Gasteiger partial charge in [0.25, 0.3) is 0 Å². The molecule has 1 aromatic carbocycles. The van der Waals surface area contributed by atoms with E-state index in [1.54, 1.807) is 18.2 Å². The van der Waals surface area contributed by atoms with Crippen molar-refractivity contribution in [2.24, 2.45) is 0 Å². The Kier molecular flexibility index (Phi) is 5.50. The quantitative estimate of drug-likeness (QED) is 0.850. The standard InChI is InChI=1S/C12H10Cl2F3N5O2/c13-8-2-1-7(3-9(8)14)4-18-10(23)5-21-11(24)22(20-19-21)6-12(15,16)17/h1-3H,4-6H2,(H,18,23). The second-order valence-electron chi connectivity index (χ2n) is 4.72. The molecule has 0 saturated carbocycles. The van der Waals surface area contributed by atoms with Crippen molar-refractivity contribution in [3.8, 4) is 0 Å². The summed E-state index contributed by atoms with van der Waals surface area (Å²) in [5, 5.41) is 9.47. The molecule has 1 heterocycles. The van der Waals surface area contributed by atoms with Gasteiger partial charge < -0.3 is 5.32 Å². The van der Waals surface area contributed by atoms with Crippen LogP contribution in [0.15, 0.2) is 23.0 Å². The molecule has 0 bridgehead atoms. The molecule has 1 N–H and O–H groups in total.